The third-order valence-corrected chi connectivity index (χ3v) is 6.15. The number of hydrogen-bond donors (Lipinski definition) is 2. The molecule has 0 radical (unpaired) electrons. The highest BCUT2D eigenvalue weighted by Gasteiger charge is 2.17. The molecule has 0 aliphatic carbocycles. The van der Waals surface area contributed by atoms with E-state index in [0.717, 1.165) is 11.8 Å². The number of carbonyl (C=O) groups is 3. The van der Waals surface area contributed by atoms with Crippen LogP contribution in [0.3, 0.4) is 0 Å². The molecule has 0 spiro atoms. The zero-order valence-corrected chi connectivity index (χ0v) is 19.9. The number of thioether (sulfide) groups is 1. The van der Waals surface area contributed by atoms with E-state index in [4.69, 9.17) is 27.9 Å². The van der Waals surface area contributed by atoms with Crippen molar-refractivity contribution in [2.75, 3.05) is 23.5 Å². The summed E-state index contributed by atoms with van der Waals surface area (Å²) in [6.07, 6.45) is -0.0248. The van der Waals surface area contributed by atoms with E-state index < -0.39 is 5.97 Å². The highest BCUT2D eigenvalue weighted by Crippen LogP contribution is 2.25. The van der Waals surface area contributed by atoms with Crippen molar-refractivity contribution in [3.05, 3.63) is 63.9 Å². The number of amides is 2. The van der Waals surface area contributed by atoms with Crippen LogP contribution in [0.2, 0.25) is 10.0 Å². The Morgan fingerprint density at radius 3 is 2.52 bits per heavy atom. The van der Waals surface area contributed by atoms with Crippen LogP contribution in [0, 0.1) is 0 Å². The lowest BCUT2D eigenvalue weighted by atomic mass is 10.2. The molecule has 1 aromatic heterocycles. The fourth-order valence-electron chi connectivity index (χ4n) is 2.74. The fraction of sp³-hybridized carbons (Fsp3) is 0.190. The van der Waals surface area contributed by atoms with E-state index in [-0.39, 0.29) is 29.6 Å². The van der Waals surface area contributed by atoms with Crippen LogP contribution >= 0.6 is 35.0 Å². The number of rotatable bonds is 8. The Bertz CT molecular complexity index is 1200. The Morgan fingerprint density at radius 2 is 1.79 bits per heavy atom. The van der Waals surface area contributed by atoms with Gasteiger partial charge in [-0.1, -0.05) is 47.1 Å². The van der Waals surface area contributed by atoms with Crippen molar-refractivity contribution < 1.29 is 19.1 Å². The lowest BCUT2D eigenvalue weighted by molar-refractivity contribution is -0.116. The number of carbonyl (C=O) groups excluding carboxylic acids is 3. The summed E-state index contributed by atoms with van der Waals surface area (Å²) in [4.78, 5) is 36.5. The first kappa shape index (κ1) is 24.6. The average Bonchev–Trinajstić information content (AvgIpc) is 3.13. The van der Waals surface area contributed by atoms with E-state index in [1.165, 1.54) is 7.11 Å². The van der Waals surface area contributed by atoms with Crippen LogP contribution in [0.5, 0.6) is 0 Å². The summed E-state index contributed by atoms with van der Waals surface area (Å²) in [6, 6.07) is 11.3. The molecule has 12 heteroatoms. The van der Waals surface area contributed by atoms with Gasteiger partial charge in [0.15, 0.2) is 5.16 Å². The largest absolute Gasteiger partial charge is 0.465 e. The molecule has 3 aromatic rings. The van der Waals surface area contributed by atoms with Crippen molar-refractivity contribution in [3.63, 3.8) is 0 Å². The van der Waals surface area contributed by atoms with Gasteiger partial charge in [-0.3, -0.25) is 9.59 Å². The SMILES string of the molecule is COC(=O)c1ccccc1NC(=O)CSc1nnc(CC(=O)Nc2ccc(Cl)c(Cl)c2)n1C. The molecule has 0 aliphatic rings. The molecule has 1 heterocycles. The van der Waals surface area contributed by atoms with Gasteiger partial charge in [0.25, 0.3) is 0 Å². The van der Waals surface area contributed by atoms with E-state index in [9.17, 15) is 14.4 Å². The van der Waals surface area contributed by atoms with Gasteiger partial charge in [0.1, 0.15) is 5.82 Å². The Balaban J connectivity index is 1.56. The summed E-state index contributed by atoms with van der Waals surface area (Å²) in [6.45, 7) is 0. The fourth-order valence-corrected chi connectivity index (χ4v) is 3.77. The Hall–Kier alpha value is -3.08. The number of anilines is 2. The molecule has 0 saturated carbocycles. The first-order valence-electron chi connectivity index (χ1n) is 9.51. The Labute approximate surface area is 203 Å². The Morgan fingerprint density at radius 1 is 1.03 bits per heavy atom. The number of halogens is 2. The standard InChI is InChI=1S/C21H19Cl2N5O4S/c1-28-17(10-18(29)24-12-7-8-14(22)15(23)9-12)26-27-21(28)33-11-19(30)25-16-6-4-3-5-13(16)20(31)32-2/h3-9H,10-11H2,1-2H3,(H,24,29)(H,25,30). The van der Waals surface area contributed by atoms with Crippen LogP contribution in [0.15, 0.2) is 47.6 Å². The summed E-state index contributed by atoms with van der Waals surface area (Å²) < 4.78 is 6.36. The molecule has 0 unspecified atom stereocenters. The molecular formula is C21H19Cl2N5O4S. The van der Waals surface area contributed by atoms with Gasteiger partial charge in [-0.05, 0) is 30.3 Å². The number of methoxy groups -OCH3 is 1. The second-order valence-corrected chi connectivity index (χ2v) is 8.44. The normalized spacial score (nSPS) is 10.5. The van der Waals surface area contributed by atoms with Crippen molar-refractivity contribution in [2.24, 2.45) is 7.05 Å². The molecule has 9 nitrogen and oxygen atoms in total. The summed E-state index contributed by atoms with van der Waals surface area (Å²) in [5.74, 6) is -0.741. The van der Waals surface area contributed by atoms with Crippen LogP contribution in [0.25, 0.3) is 0 Å². The number of benzene rings is 2. The zero-order chi connectivity index (χ0) is 24.0. The lowest BCUT2D eigenvalue weighted by Gasteiger charge is -2.09. The molecule has 2 amide bonds. The van der Waals surface area contributed by atoms with Crippen molar-refractivity contribution in [1.82, 2.24) is 14.8 Å². The van der Waals surface area contributed by atoms with Crippen molar-refractivity contribution in [1.29, 1.82) is 0 Å². The van der Waals surface area contributed by atoms with Gasteiger partial charge in [-0.2, -0.15) is 0 Å². The van der Waals surface area contributed by atoms with Gasteiger partial charge in [-0.25, -0.2) is 4.79 Å². The van der Waals surface area contributed by atoms with Crippen LogP contribution in [-0.2, 0) is 27.8 Å². The zero-order valence-electron chi connectivity index (χ0n) is 17.6. The average molecular weight is 508 g/mol. The van der Waals surface area contributed by atoms with E-state index >= 15 is 0 Å². The lowest BCUT2D eigenvalue weighted by Crippen LogP contribution is -2.18. The van der Waals surface area contributed by atoms with Crippen LogP contribution in [0.1, 0.15) is 16.2 Å². The van der Waals surface area contributed by atoms with Gasteiger partial charge < -0.3 is 19.9 Å². The number of nitrogens with one attached hydrogen (secondary N) is 2. The smallest absolute Gasteiger partial charge is 0.339 e. The maximum absolute atomic E-state index is 12.4. The first-order valence-corrected chi connectivity index (χ1v) is 11.3. The van der Waals surface area contributed by atoms with E-state index in [1.807, 2.05) is 0 Å². The van der Waals surface area contributed by atoms with E-state index in [2.05, 4.69) is 20.8 Å². The molecule has 0 fully saturated rings. The summed E-state index contributed by atoms with van der Waals surface area (Å²) in [7, 11) is 2.97. The molecule has 33 heavy (non-hydrogen) atoms. The molecule has 2 N–H and O–H groups in total. The van der Waals surface area contributed by atoms with Gasteiger partial charge in [0, 0.05) is 12.7 Å². The van der Waals surface area contributed by atoms with E-state index in [1.54, 1.807) is 54.1 Å². The summed E-state index contributed by atoms with van der Waals surface area (Å²) in [5, 5.41) is 14.7. The summed E-state index contributed by atoms with van der Waals surface area (Å²) in [5.41, 5.74) is 1.12. The van der Waals surface area contributed by atoms with Crippen molar-refractivity contribution in [3.8, 4) is 0 Å². The molecule has 3 rings (SSSR count). The monoisotopic (exact) mass is 507 g/mol. The minimum atomic E-state index is -0.546. The molecule has 0 saturated heterocycles. The third-order valence-electron chi connectivity index (χ3n) is 4.39. The molecule has 0 aliphatic heterocycles. The highest BCUT2D eigenvalue weighted by molar-refractivity contribution is 7.99. The second-order valence-electron chi connectivity index (χ2n) is 6.69. The highest BCUT2D eigenvalue weighted by atomic mass is 35.5. The quantitative estimate of drug-likeness (QED) is 0.351. The number of nitrogens with zero attached hydrogens (tertiary/aromatic N) is 3. The predicted octanol–water partition coefficient (Wildman–Crippen LogP) is 3.82. The number of para-hydroxylation sites is 1. The minimum absolute atomic E-state index is 0.0248. The molecular weight excluding hydrogens is 489 g/mol. The number of esters is 1. The van der Waals surface area contributed by atoms with Crippen molar-refractivity contribution in [2.45, 2.75) is 11.6 Å². The summed E-state index contributed by atoms with van der Waals surface area (Å²) >= 11 is 13.0. The topological polar surface area (TPSA) is 115 Å². The van der Waals surface area contributed by atoms with Crippen LogP contribution in [0.4, 0.5) is 11.4 Å². The number of ether oxygens (including phenoxy) is 1. The van der Waals surface area contributed by atoms with Gasteiger partial charge >= 0.3 is 5.97 Å². The van der Waals surface area contributed by atoms with Gasteiger partial charge in [0.2, 0.25) is 11.8 Å². The van der Waals surface area contributed by atoms with Gasteiger partial charge in [0.05, 0.1) is 40.6 Å². The maximum atomic E-state index is 12.4. The molecule has 0 atom stereocenters. The second kappa shape index (κ2) is 11.2. The molecule has 172 valence electrons. The predicted molar refractivity (Wildman–Crippen MR) is 127 cm³/mol. The maximum Gasteiger partial charge on any atom is 0.339 e. The number of hydrogen-bond acceptors (Lipinski definition) is 7. The minimum Gasteiger partial charge on any atom is -0.465 e. The first-order chi connectivity index (χ1) is 15.8. The number of aromatic nitrogens is 3. The van der Waals surface area contributed by atoms with E-state index in [0.29, 0.717) is 32.4 Å². The molecule has 0 bridgehead atoms. The van der Waals surface area contributed by atoms with Crippen LogP contribution in [-0.4, -0.2) is 45.4 Å². The van der Waals surface area contributed by atoms with Crippen molar-refractivity contribution >= 4 is 64.1 Å². The third kappa shape index (κ3) is 6.47. The molecule has 2 aromatic carbocycles. The van der Waals surface area contributed by atoms with Gasteiger partial charge in [-0.15, -0.1) is 10.2 Å². The Kier molecular flexibility index (Phi) is 8.32. The van der Waals surface area contributed by atoms with Crippen LogP contribution < -0.4 is 10.6 Å².